The summed E-state index contributed by atoms with van der Waals surface area (Å²) in [6.45, 7) is 5.15. The average molecular weight is 265 g/mol. The lowest BCUT2D eigenvalue weighted by Crippen LogP contribution is -2.38. The summed E-state index contributed by atoms with van der Waals surface area (Å²) < 4.78 is 15.7. The Morgan fingerprint density at radius 3 is 2.84 bits per heavy atom. The fourth-order valence-electron chi connectivity index (χ4n) is 1.96. The fraction of sp³-hybridized carbons (Fsp3) is 0.500. The standard InChI is InChI=1S/C14H19NO4/c1-4-15(14(16)10(2)17-3)8-11-5-6-12-13(7-11)19-9-18-12/h5-7,10H,4,8-9H2,1-3H3. The number of benzene rings is 1. The molecular weight excluding hydrogens is 246 g/mol. The molecule has 1 aliphatic rings. The summed E-state index contributed by atoms with van der Waals surface area (Å²) >= 11 is 0. The van der Waals surface area contributed by atoms with E-state index in [1.807, 2.05) is 25.1 Å². The molecule has 0 bridgehead atoms. The van der Waals surface area contributed by atoms with E-state index >= 15 is 0 Å². The van der Waals surface area contributed by atoms with Gasteiger partial charge in [-0.3, -0.25) is 4.79 Å². The SMILES string of the molecule is CCN(Cc1ccc2c(c1)OCO2)C(=O)C(C)OC. The predicted molar refractivity (Wildman–Crippen MR) is 70.1 cm³/mol. The quantitative estimate of drug-likeness (QED) is 0.814. The Kier molecular flexibility index (Phi) is 4.27. The van der Waals surface area contributed by atoms with Gasteiger partial charge in [-0.2, -0.15) is 0 Å². The summed E-state index contributed by atoms with van der Waals surface area (Å²) in [5, 5.41) is 0. The van der Waals surface area contributed by atoms with Crippen LogP contribution in [-0.2, 0) is 16.1 Å². The largest absolute Gasteiger partial charge is 0.454 e. The average Bonchev–Trinajstić information content (AvgIpc) is 2.90. The molecule has 1 unspecified atom stereocenters. The Morgan fingerprint density at radius 2 is 2.16 bits per heavy atom. The van der Waals surface area contributed by atoms with E-state index < -0.39 is 6.10 Å². The van der Waals surface area contributed by atoms with Crippen molar-refractivity contribution in [2.45, 2.75) is 26.5 Å². The van der Waals surface area contributed by atoms with Crippen molar-refractivity contribution in [3.05, 3.63) is 23.8 Å². The number of fused-ring (bicyclic) bond motifs is 1. The molecule has 1 aromatic rings. The molecule has 0 aromatic heterocycles. The van der Waals surface area contributed by atoms with Gasteiger partial charge in [0.2, 0.25) is 6.79 Å². The highest BCUT2D eigenvalue weighted by molar-refractivity contribution is 5.80. The number of ether oxygens (including phenoxy) is 3. The summed E-state index contributed by atoms with van der Waals surface area (Å²) in [6.07, 6.45) is -0.422. The van der Waals surface area contributed by atoms with Crippen LogP contribution in [0.15, 0.2) is 18.2 Å². The second-order valence-electron chi connectivity index (χ2n) is 4.42. The number of hydrogen-bond donors (Lipinski definition) is 0. The topological polar surface area (TPSA) is 48.0 Å². The van der Waals surface area contributed by atoms with Crippen LogP contribution in [0.4, 0.5) is 0 Å². The molecule has 5 nitrogen and oxygen atoms in total. The lowest BCUT2D eigenvalue weighted by atomic mass is 10.2. The number of nitrogens with zero attached hydrogens (tertiary/aromatic N) is 1. The van der Waals surface area contributed by atoms with Gasteiger partial charge in [0.25, 0.3) is 5.91 Å². The Balaban J connectivity index is 2.08. The number of hydrogen-bond acceptors (Lipinski definition) is 4. The van der Waals surface area contributed by atoms with Crippen LogP contribution in [0.3, 0.4) is 0 Å². The number of carbonyl (C=O) groups is 1. The van der Waals surface area contributed by atoms with Crippen LogP contribution in [-0.4, -0.2) is 37.4 Å². The molecule has 0 saturated carbocycles. The van der Waals surface area contributed by atoms with Gasteiger partial charge in [0.15, 0.2) is 11.5 Å². The maximum atomic E-state index is 12.1. The molecule has 1 aliphatic heterocycles. The second kappa shape index (κ2) is 5.93. The van der Waals surface area contributed by atoms with E-state index in [0.717, 1.165) is 17.1 Å². The molecule has 19 heavy (non-hydrogen) atoms. The zero-order chi connectivity index (χ0) is 13.8. The van der Waals surface area contributed by atoms with Crippen molar-refractivity contribution in [1.29, 1.82) is 0 Å². The van der Waals surface area contributed by atoms with E-state index in [-0.39, 0.29) is 12.7 Å². The van der Waals surface area contributed by atoms with E-state index in [1.165, 1.54) is 7.11 Å². The molecule has 0 radical (unpaired) electrons. The van der Waals surface area contributed by atoms with Crippen molar-refractivity contribution in [1.82, 2.24) is 4.90 Å². The van der Waals surface area contributed by atoms with Crippen molar-refractivity contribution in [2.24, 2.45) is 0 Å². The lowest BCUT2D eigenvalue weighted by molar-refractivity contribution is -0.141. The molecule has 104 valence electrons. The molecule has 0 spiro atoms. The van der Waals surface area contributed by atoms with Crippen molar-refractivity contribution >= 4 is 5.91 Å². The van der Waals surface area contributed by atoms with Gasteiger partial charge in [-0.05, 0) is 31.5 Å². The molecule has 0 fully saturated rings. The van der Waals surface area contributed by atoms with Crippen LogP contribution in [0.5, 0.6) is 11.5 Å². The van der Waals surface area contributed by atoms with Crippen LogP contribution in [0, 0.1) is 0 Å². The molecule has 0 N–H and O–H groups in total. The molecule has 1 heterocycles. The van der Waals surface area contributed by atoms with Gasteiger partial charge in [-0.25, -0.2) is 0 Å². The van der Waals surface area contributed by atoms with E-state index in [9.17, 15) is 4.79 Å². The number of carbonyl (C=O) groups excluding carboxylic acids is 1. The summed E-state index contributed by atoms with van der Waals surface area (Å²) in [5.74, 6) is 1.48. The van der Waals surface area contributed by atoms with E-state index in [2.05, 4.69) is 0 Å². The summed E-state index contributed by atoms with van der Waals surface area (Å²) in [6, 6.07) is 5.73. The maximum Gasteiger partial charge on any atom is 0.251 e. The smallest absolute Gasteiger partial charge is 0.251 e. The summed E-state index contributed by atoms with van der Waals surface area (Å²) in [4.78, 5) is 13.8. The monoisotopic (exact) mass is 265 g/mol. The number of methoxy groups -OCH3 is 1. The third-order valence-electron chi connectivity index (χ3n) is 3.21. The zero-order valence-corrected chi connectivity index (χ0v) is 11.5. The van der Waals surface area contributed by atoms with Gasteiger partial charge in [0.1, 0.15) is 6.10 Å². The molecular formula is C14H19NO4. The molecule has 5 heteroatoms. The van der Waals surface area contributed by atoms with Crippen LogP contribution in [0.2, 0.25) is 0 Å². The van der Waals surface area contributed by atoms with E-state index in [4.69, 9.17) is 14.2 Å². The zero-order valence-electron chi connectivity index (χ0n) is 11.5. The molecule has 1 atom stereocenters. The molecule has 0 aliphatic carbocycles. The maximum absolute atomic E-state index is 12.1. The van der Waals surface area contributed by atoms with Gasteiger partial charge in [-0.1, -0.05) is 6.07 Å². The fourth-order valence-corrected chi connectivity index (χ4v) is 1.96. The van der Waals surface area contributed by atoms with Crippen molar-refractivity contribution < 1.29 is 19.0 Å². The summed E-state index contributed by atoms with van der Waals surface area (Å²) in [7, 11) is 1.54. The highest BCUT2D eigenvalue weighted by Gasteiger charge is 2.20. The first-order valence-electron chi connectivity index (χ1n) is 6.35. The lowest BCUT2D eigenvalue weighted by Gasteiger charge is -2.24. The van der Waals surface area contributed by atoms with Gasteiger partial charge in [0.05, 0.1) is 0 Å². The Hall–Kier alpha value is -1.75. The van der Waals surface area contributed by atoms with Gasteiger partial charge in [-0.15, -0.1) is 0 Å². The van der Waals surface area contributed by atoms with Gasteiger partial charge in [0, 0.05) is 20.2 Å². The Labute approximate surface area is 113 Å². The number of rotatable bonds is 5. The Bertz CT molecular complexity index is 461. The van der Waals surface area contributed by atoms with Crippen molar-refractivity contribution in [3.8, 4) is 11.5 Å². The van der Waals surface area contributed by atoms with Crippen LogP contribution in [0.25, 0.3) is 0 Å². The first kappa shape index (κ1) is 13.7. The normalized spacial score (nSPS) is 14.3. The molecule has 1 amide bonds. The third-order valence-corrected chi connectivity index (χ3v) is 3.21. The predicted octanol–water partition coefficient (Wildman–Crippen LogP) is 1.80. The Morgan fingerprint density at radius 1 is 1.42 bits per heavy atom. The van der Waals surface area contributed by atoms with E-state index in [0.29, 0.717) is 13.1 Å². The van der Waals surface area contributed by atoms with Crippen LogP contribution < -0.4 is 9.47 Å². The minimum Gasteiger partial charge on any atom is -0.454 e. The van der Waals surface area contributed by atoms with Crippen molar-refractivity contribution in [2.75, 3.05) is 20.4 Å². The van der Waals surface area contributed by atoms with Gasteiger partial charge >= 0.3 is 0 Å². The number of likely N-dealkylation sites (N-methyl/N-ethyl adjacent to an activating group) is 1. The van der Waals surface area contributed by atoms with Crippen LogP contribution >= 0.6 is 0 Å². The molecule has 1 aromatic carbocycles. The molecule has 2 rings (SSSR count). The molecule has 0 saturated heterocycles. The first-order chi connectivity index (χ1) is 9.15. The first-order valence-corrected chi connectivity index (χ1v) is 6.35. The van der Waals surface area contributed by atoms with E-state index in [1.54, 1.807) is 11.8 Å². The van der Waals surface area contributed by atoms with Crippen molar-refractivity contribution in [3.63, 3.8) is 0 Å². The second-order valence-corrected chi connectivity index (χ2v) is 4.42. The minimum absolute atomic E-state index is 0.0114. The van der Waals surface area contributed by atoms with Crippen LogP contribution in [0.1, 0.15) is 19.4 Å². The highest BCUT2D eigenvalue weighted by atomic mass is 16.7. The number of amides is 1. The third kappa shape index (κ3) is 2.98. The van der Waals surface area contributed by atoms with Gasteiger partial charge < -0.3 is 19.1 Å². The minimum atomic E-state index is -0.422. The summed E-state index contributed by atoms with van der Waals surface area (Å²) in [5.41, 5.74) is 1.02. The highest BCUT2D eigenvalue weighted by Crippen LogP contribution is 2.32.